The number of methoxy groups -OCH3 is 3. The molecule has 0 radical (unpaired) electrons. The molecule has 26 heavy (non-hydrogen) atoms. The van der Waals surface area contributed by atoms with Crippen LogP contribution in [0.25, 0.3) is 11.4 Å². The third-order valence-electron chi connectivity index (χ3n) is 3.75. The molecule has 7 nitrogen and oxygen atoms in total. The van der Waals surface area contributed by atoms with Crippen molar-refractivity contribution in [2.24, 2.45) is 0 Å². The van der Waals surface area contributed by atoms with Crippen molar-refractivity contribution in [2.45, 2.75) is 0 Å². The first-order valence-corrected chi connectivity index (χ1v) is 7.91. The van der Waals surface area contributed by atoms with E-state index in [1.807, 2.05) is 36.4 Å². The molecule has 134 valence electrons. The van der Waals surface area contributed by atoms with Crippen LogP contribution in [0.15, 0.2) is 48.5 Å². The predicted molar refractivity (Wildman–Crippen MR) is 101 cm³/mol. The number of nitrogen functional groups attached to an aromatic ring is 1. The van der Waals surface area contributed by atoms with E-state index in [-0.39, 0.29) is 0 Å². The predicted octanol–water partition coefficient (Wildman–Crippen LogP) is 3.50. The fourth-order valence-corrected chi connectivity index (χ4v) is 2.46. The van der Waals surface area contributed by atoms with Gasteiger partial charge in [0, 0.05) is 17.3 Å². The van der Waals surface area contributed by atoms with Gasteiger partial charge in [0.05, 0.1) is 21.3 Å². The van der Waals surface area contributed by atoms with Crippen LogP contribution in [-0.2, 0) is 0 Å². The minimum atomic E-state index is 0.362. The topological polar surface area (TPSA) is 91.5 Å². The van der Waals surface area contributed by atoms with E-state index in [9.17, 15) is 0 Å². The van der Waals surface area contributed by atoms with Gasteiger partial charge in [0.2, 0.25) is 0 Å². The van der Waals surface area contributed by atoms with E-state index in [1.54, 1.807) is 33.5 Å². The molecule has 2 aromatic carbocycles. The highest BCUT2D eigenvalue weighted by atomic mass is 16.5. The number of nitrogens with one attached hydrogen (secondary N) is 1. The summed E-state index contributed by atoms with van der Waals surface area (Å²) >= 11 is 0. The Morgan fingerprint density at radius 1 is 0.808 bits per heavy atom. The first-order chi connectivity index (χ1) is 12.6. The lowest BCUT2D eigenvalue weighted by Crippen LogP contribution is -2.01. The van der Waals surface area contributed by atoms with Gasteiger partial charge in [0.15, 0.2) is 17.3 Å². The lowest BCUT2D eigenvalue weighted by Gasteiger charge is -2.11. The molecule has 0 spiro atoms. The highest BCUT2D eigenvalue weighted by Gasteiger charge is 2.10. The fourth-order valence-electron chi connectivity index (χ4n) is 2.46. The monoisotopic (exact) mass is 352 g/mol. The molecule has 0 atom stereocenters. The average Bonchev–Trinajstić information content (AvgIpc) is 2.67. The summed E-state index contributed by atoms with van der Waals surface area (Å²) in [7, 11) is 4.80. The number of hydrogen-bond donors (Lipinski definition) is 2. The Balaban J connectivity index is 1.92. The molecule has 3 rings (SSSR count). The molecule has 7 heteroatoms. The third kappa shape index (κ3) is 3.77. The quantitative estimate of drug-likeness (QED) is 0.701. The summed E-state index contributed by atoms with van der Waals surface area (Å²) in [6.45, 7) is 0. The van der Waals surface area contributed by atoms with Crippen LogP contribution in [0.5, 0.6) is 17.2 Å². The van der Waals surface area contributed by atoms with E-state index in [4.69, 9.17) is 19.9 Å². The van der Waals surface area contributed by atoms with Crippen molar-refractivity contribution < 1.29 is 14.2 Å². The Morgan fingerprint density at radius 3 is 2.19 bits per heavy atom. The van der Waals surface area contributed by atoms with Gasteiger partial charge in [-0.15, -0.1) is 0 Å². The van der Waals surface area contributed by atoms with Gasteiger partial charge in [-0.1, -0.05) is 0 Å². The number of benzene rings is 2. The lowest BCUT2D eigenvalue weighted by molar-refractivity contribution is 0.355. The summed E-state index contributed by atoms with van der Waals surface area (Å²) in [4.78, 5) is 8.86. The van der Waals surface area contributed by atoms with Gasteiger partial charge in [0.25, 0.3) is 0 Å². The molecule has 1 heterocycles. The van der Waals surface area contributed by atoms with Crippen molar-refractivity contribution in [1.82, 2.24) is 9.97 Å². The molecule has 0 aliphatic rings. The molecule has 0 aliphatic carbocycles. The molecule has 3 N–H and O–H groups in total. The first-order valence-electron chi connectivity index (χ1n) is 7.91. The number of nitrogens with two attached hydrogens (primary N) is 1. The van der Waals surface area contributed by atoms with Crippen molar-refractivity contribution >= 4 is 17.3 Å². The Hall–Kier alpha value is -3.48. The standard InChI is InChI=1S/C19H20N4O3/c1-24-14-7-5-13(6-8-14)21-18-11-17(20)22-19(23-18)12-4-9-15(25-2)16(10-12)26-3/h4-11H,1-3H3,(H3,20,21,22,23). The minimum Gasteiger partial charge on any atom is -0.497 e. The first kappa shape index (κ1) is 17.3. The van der Waals surface area contributed by atoms with Gasteiger partial charge >= 0.3 is 0 Å². The summed E-state index contributed by atoms with van der Waals surface area (Å²) < 4.78 is 15.8. The zero-order chi connectivity index (χ0) is 18.5. The zero-order valence-electron chi connectivity index (χ0n) is 14.8. The maximum Gasteiger partial charge on any atom is 0.163 e. The largest absolute Gasteiger partial charge is 0.497 e. The third-order valence-corrected chi connectivity index (χ3v) is 3.75. The second kappa shape index (κ2) is 7.60. The molecule has 0 bridgehead atoms. The Kier molecular flexibility index (Phi) is 5.07. The Bertz CT molecular complexity index is 898. The lowest BCUT2D eigenvalue weighted by atomic mass is 10.2. The second-order valence-corrected chi connectivity index (χ2v) is 5.42. The van der Waals surface area contributed by atoms with E-state index in [0.29, 0.717) is 29.0 Å². The number of nitrogens with zero attached hydrogens (tertiary/aromatic N) is 2. The Labute approximate surface area is 151 Å². The molecular weight excluding hydrogens is 332 g/mol. The van der Waals surface area contributed by atoms with E-state index < -0.39 is 0 Å². The highest BCUT2D eigenvalue weighted by Crippen LogP contribution is 2.32. The number of rotatable bonds is 6. The van der Waals surface area contributed by atoms with Crippen LogP contribution in [0.1, 0.15) is 0 Å². The minimum absolute atomic E-state index is 0.362. The summed E-state index contributed by atoms with van der Waals surface area (Å²) in [5, 5.41) is 3.21. The second-order valence-electron chi connectivity index (χ2n) is 5.42. The van der Waals surface area contributed by atoms with Gasteiger partial charge in [-0.05, 0) is 42.5 Å². The van der Waals surface area contributed by atoms with Gasteiger partial charge in [0.1, 0.15) is 17.4 Å². The summed E-state index contributed by atoms with van der Waals surface area (Å²) in [5.74, 6) is 3.46. The van der Waals surface area contributed by atoms with E-state index in [2.05, 4.69) is 15.3 Å². The number of aromatic nitrogens is 2. The van der Waals surface area contributed by atoms with Crippen LogP contribution in [0, 0.1) is 0 Å². The van der Waals surface area contributed by atoms with Gasteiger partial charge < -0.3 is 25.3 Å². The van der Waals surface area contributed by atoms with Gasteiger partial charge in [-0.25, -0.2) is 9.97 Å². The van der Waals surface area contributed by atoms with Gasteiger partial charge in [-0.2, -0.15) is 0 Å². The van der Waals surface area contributed by atoms with E-state index >= 15 is 0 Å². The molecule has 0 amide bonds. The molecule has 0 unspecified atom stereocenters. The van der Waals surface area contributed by atoms with Crippen molar-refractivity contribution in [3.05, 3.63) is 48.5 Å². The van der Waals surface area contributed by atoms with Crippen LogP contribution in [-0.4, -0.2) is 31.3 Å². The summed E-state index contributed by atoms with van der Waals surface area (Å²) in [5.41, 5.74) is 7.59. The van der Waals surface area contributed by atoms with Crippen LogP contribution in [0.4, 0.5) is 17.3 Å². The normalized spacial score (nSPS) is 10.3. The molecule has 0 fully saturated rings. The van der Waals surface area contributed by atoms with Crippen LogP contribution < -0.4 is 25.3 Å². The molecule has 0 saturated heterocycles. The number of hydrogen-bond acceptors (Lipinski definition) is 7. The van der Waals surface area contributed by atoms with Crippen molar-refractivity contribution in [2.75, 3.05) is 32.4 Å². The van der Waals surface area contributed by atoms with Crippen LogP contribution in [0.2, 0.25) is 0 Å². The highest BCUT2D eigenvalue weighted by molar-refractivity contribution is 5.66. The number of ether oxygens (including phenoxy) is 3. The van der Waals surface area contributed by atoms with Crippen molar-refractivity contribution in [3.63, 3.8) is 0 Å². The molecule has 0 aliphatic heterocycles. The summed E-state index contributed by atoms with van der Waals surface area (Å²) in [6.07, 6.45) is 0. The van der Waals surface area contributed by atoms with Crippen LogP contribution >= 0.6 is 0 Å². The maximum atomic E-state index is 5.96. The SMILES string of the molecule is COc1ccc(Nc2cc(N)nc(-c3ccc(OC)c(OC)c3)n2)cc1. The summed E-state index contributed by atoms with van der Waals surface area (Å²) in [6, 6.07) is 14.7. The Morgan fingerprint density at radius 2 is 1.54 bits per heavy atom. The fraction of sp³-hybridized carbons (Fsp3) is 0.158. The van der Waals surface area contributed by atoms with E-state index in [0.717, 1.165) is 17.0 Å². The molecule has 3 aromatic rings. The molecular formula is C19H20N4O3. The van der Waals surface area contributed by atoms with E-state index in [1.165, 1.54) is 0 Å². The smallest absolute Gasteiger partial charge is 0.163 e. The number of anilines is 3. The van der Waals surface area contributed by atoms with Crippen molar-refractivity contribution in [1.29, 1.82) is 0 Å². The zero-order valence-corrected chi connectivity index (χ0v) is 14.8. The van der Waals surface area contributed by atoms with Gasteiger partial charge in [-0.3, -0.25) is 0 Å². The maximum absolute atomic E-state index is 5.96. The molecule has 0 saturated carbocycles. The van der Waals surface area contributed by atoms with Crippen molar-refractivity contribution in [3.8, 4) is 28.6 Å². The average molecular weight is 352 g/mol. The molecule has 1 aromatic heterocycles. The van der Waals surface area contributed by atoms with Crippen LogP contribution in [0.3, 0.4) is 0 Å².